The van der Waals surface area contributed by atoms with E-state index in [0.717, 1.165) is 11.8 Å². The third-order valence-corrected chi connectivity index (χ3v) is 7.51. The Morgan fingerprint density at radius 2 is 1.47 bits per heavy atom. The third-order valence-electron chi connectivity index (χ3n) is 4.17. The van der Waals surface area contributed by atoms with Crippen molar-refractivity contribution in [3.8, 4) is 0 Å². The summed E-state index contributed by atoms with van der Waals surface area (Å²) in [7, 11) is 0. The van der Waals surface area contributed by atoms with Gasteiger partial charge in [-0.2, -0.15) is 0 Å². The summed E-state index contributed by atoms with van der Waals surface area (Å²) >= 11 is 5.18. The van der Waals surface area contributed by atoms with Crippen LogP contribution in [0.15, 0.2) is 0 Å². The second-order valence-corrected chi connectivity index (χ2v) is 7.62. The van der Waals surface area contributed by atoms with Crippen molar-refractivity contribution in [2.24, 2.45) is 0 Å². The zero-order chi connectivity index (χ0) is 12.2. The maximum Gasteiger partial charge on any atom is 0.0304 e. The van der Waals surface area contributed by atoms with Crippen LogP contribution in [0.5, 0.6) is 0 Å². The van der Waals surface area contributed by atoms with E-state index in [4.69, 9.17) is 0 Å². The molecule has 1 aromatic rings. The summed E-state index contributed by atoms with van der Waals surface area (Å²) in [5, 5.41) is 0. The van der Waals surface area contributed by atoms with Crippen LogP contribution in [0.25, 0.3) is 0 Å². The minimum Gasteiger partial charge on any atom is -0.0612 e. The molecule has 92 valence electrons. The van der Waals surface area contributed by atoms with Gasteiger partial charge in [0.15, 0.2) is 0 Å². The zero-order valence-electron chi connectivity index (χ0n) is 10.4. The smallest absolute Gasteiger partial charge is 0.0304 e. The summed E-state index contributed by atoms with van der Waals surface area (Å²) in [6.45, 7) is 4.67. The van der Waals surface area contributed by atoms with E-state index in [-0.39, 0.29) is 0 Å². The summed E-state index contributed by atoms with van der Waals surface area (Å²) < 4.78 is 3.12. The van der Waals surface area contributed by atoms with Crippen LogP contribution < -0.4 is 0 Å². The number of hydrogen-bond acceptors (Lipinski definition) is 0. The molecule has 0 aromatic heterocycles. The third kappa shape index (κ3) is 2.17. The lowest BCUT2D eigenvalue weighted by atomic mass is 9.90. The van der Waals surface area contributed by atoms with Crippen molar-refractivity contribution in [2.75, 3.05) is 0 Å². The molecule has 1 aromatic carbocycles. The number of benzene rings is 1. The Bertz CT molecular complexity index is 469. The predicted octanol–water partition coefficient (Wildman–Crippen LogP) is 5.52. The van der Waals surface area contributed by atoms with Crippen LogP contribution >= 0.6 is 45.2 Å². The zero-order valence-corrected chi connectivity index (χ0v) is 14.8. The molecule has 2 fully saturated rings. The first-order valence-corrected chi connectivity index (χ1v) is 8.81. The second kappa shape index (κ2) is 4.66. The minimum atomic E-state index is 0.899. The maximum atomic E-state index is 2.61. The largest absolute Gasteiger partial charge is 0.0612 e. The van der Waals surface area contributed by atoms with Crippen molar-refractivity contribution in [1.29, 1.82) is 0 Å². The number of hydrogen-bond donors (Lipinski definition) is 0. The van der Waals surface area contributed by atoms with Gasteiger partial charge in [-0.25, -0.2) is 0 Å². The van der Waals surface area contributed by atoms with Gasteiger partial charge in [-0.15, -0.1) is 0 Å². The molecule has 0 nitrogen and oxygen atoms in total. The molecule has 2 saturated carbocycles. The molecule has 0 aliphatic heterocycles. The Balaban J connectivity index is 2.25. The summed E-state index contributed by atoms with van der Waals surface area (Å²) in [5.41, 5.74) is 6.74. The SMILES string of the molecule is CCc1c(C)c(C2CC2)c(C2CC2)c(I)c1I. The molecule has 0 N–H and O–H groups in total. The molecule has 0 spiro atoms. The second-order valence-electron chi connectivity index (χ2n) is 5.46. The Morgan fingerprint density at radius 3 is 1.94 bits per heavy atom. The molecule has 0 amide bonds. The van der Waals surface area contributed by atoms with Gasteiger partial charge < -0.3 is 0 Å². The van der Waals surface area contributed by atoms with Crippen LogP contribution in [0.3, 0.4) is 0 Å². The van der Waals surface area contributed by atoms with Crippen LogP contribution in [-0.4, -0.2) is 0 Å². The highest BCUT2D eigenvalue weighted by Crippen LogP contribution is 2.53. The van der Waals surface area contributed by atoms with Crippen molar-refractivity contribution >= 4 is 45.2 Å². The van der Waals surface area contributed by atoms with Gasteiger partial charge in [-0.05, 0) is 118 Å². The van der Waals surface area contributed by atoms with Gasteiger partial charge in [0.05, 0.1) is 0 Å². The van der Waals surface area contributed by atoms with E-state index in [1.807, 2.05) is 0 Å². The Morgan fingerprint density at radius 1 is 0.941 bits per heavy atom. The molecular formula is C15H18I2. The fourth-order valence-electron chi connectivity index (χ4n) is 2.99. The van der Waals surface area contributed by atoms with Crippen LogP contribution in [0.2, 0.25) is 0 Å². The van der Waals surface area contributed by atoms with Gasteiger partial charge in [-0.1, -0.05) is 6.92 Å². The van der Waals surface area contributed by atoms with Crippen LogP contribution in [0, 0.1) is 14.1 Å². The lowest BCUT2D eigenvalue weighted by Crippen LogP contribution is -2.06. The Hall–Kier alpha value is 0.680. The van der Waals surface area contributed by atoms with Gasteiger partial charge in [-0.3, -0.25) is 0 Å². The molecule has 0 radical (unpaired) electrons. The van der Waals surface area contributed by atoms with Crippen molar-refractivity contribution in [2.45, 2.75) is 57.8 Å². The van der Waals surface area contributed by atoms with E-state index < -0.39 is 0 Å². The number of rotatable bonds is 3. The fraction of sp³-hybridized carbons (Fsp3) is 0.600. The maximum absolute atomic E-state index is 2.61. The first-order valence-electron chi connectivity index (χ1n) is 6.65. The lowest BCUT2D eigenvalue weighted by Gasteiger charge is -2.20. The topological polar surface area (TPSA) is 0 Å². The van der Waals surface area contributed by atoms with Gasteiger partial charge in [0, 0.05) is 7.14 Å². The standard InChI is InChI=1S/C15H18I2/c1-3-11-8(2)12(9-4-5-9)13(10-6-7-10)15(17)14(11)16/h9-10H,3-7H2,1-2H3. The molecule has 2 aliphatic carbocycles. The monoisotopic (exact) mass is 452 g/mol. The molecule has 0 bridgehead atoms. The van der Waals surface area contributed by atoms with Crippen molar-refractivity contribution in [3.05, 3.63) is 29.4 Å². The Kier molecular flexibility index (Phi) is 3.48. The quantitative estimate of drug-likeness (QED) is 0.530. The van der Waals surface area contributed by atoms with E-state index in [9.17, 15) is 0 Å². The normalized spacial score (nSPS) is 19.8. The average Bonchev–Trinajstić information content (AvgIpc) is 3.15. The van der Waals surface area contributed by atoms with Gasteiger partial charge in [0.2, 0.25) is 0 Å². The first kappa shape index (κ1) is 12.7. The number of halogens is 2. The van der Waals surface area contributed by atoms with Crippen LogP contribution in [0.4, 0.5) is 0 Å². The van der Waals surface area contributed by atoms with E-state index in [1.165, 1.54) is 35.7 Å². The molecule has 17 heavy (non-hydrogen) atoms. The minimum absolute atomic E-state index is 0.899. The summed E-state index contributed by atoms with van der Waals surface area (Å²) in [5.74, 6) is 1.80. The molecular weight excluding hydrogens is 434 g/mol. The highest BCUT2D eigenvalue weighted by molar-refractivity contribution is 14.1. The molecule has 0 heterocycles. The van der Waals surface area contributed by atoms with Crippen molar-refractivity contribution in [3.63, 3.8) is 0 Å². The van der Waals surface area contributed by atoms with E-state index in [1.54, 1.807) is 25.8 Å². The first-order chi connectivity index (χ1) is 8.15. The summed E-state index contributed by atoms with van der Waals surface area (Å²) in [6, 6.07) is 0. The highest BCUT2D eigenvalue weighted by atomic mass is 127. The molecule has 0 atom stereocenters. The van der Waals surface area contributed by atoms with Gasteiger partial charge in [0.1, 0.15) is 0 Å². The van der Waals surface area contributed by atoms with Crippen molar-refractivity contribution < 1.29 is 0 Å². The average molecular weight is 452 g/mol. The van der Waals surface area contributed by atoms with Crippen LogP contribution in [-0.2, 0) is 6.42 Å². The molecule has 2 heteroatoms. The Labute approximate surface area is 131 Å². The summed E-state index contributed by atoms with van der Waals surface area (Å²) in [6.07, 6.45) is 6.90. The molecule has 2 aliphatic rings. The van der Waals surface area contributed by atoms with Gasteiger partial charge in [0.25, 0.3) is 0 Å². The fourth-order valence-corrected chi connectivity index (χ4v) is 5.12. The van der Waals surface area contributed by atoms with Crippen molar-refractivity contribution in [1.82, 2.24) is 0 Å². The lowest BCUT2D eigenvalue weighted by molar-refractivity contribution is 0.956. The predicted molar refractivity (Wildman–Crippen MR) is 89.9 cm³/mol. The van der Waals surface area contributed by atoms with Gasteiger partial charge >= 0.3 is 0 Å². The van der Waals surface area contributed by atoms with E-state index >= 15 is 0 Å². The van der Waals surface area contributed by atoms with Crippen LogP contribution in [0.1, 0.15) is 66.7 Å². The molecule has 0 saturated heterocycles. The van der Waals surface area contributed by atoms with E-state index in [0.29, 0.717) is 0 Å². The molecule has 3 rings (SSSR count). The molecule has 0 unspecified atom stereocenters. The van der Waals surface area contributed by atoms with E-state index in [2.05, 4.69) is 59.0 Å². The highest BCUT2D eigenvalue weighted by Gasteiger charge is 2.36. The summed E-state index contributed by atoms with van der Waals surface area (Å²) in [4.78, 5) is 0.